The average Bonchev–Trinajstić information content (AvgIpc) is 2.99. The van der Waals surface area contributed by atoms with Gasteiger partial charge >= 0.3 is 0 Å². The third-order valence-electron chi connectivity index (χ3n) is 2.69. The van der Waals surface area contributed by atoms with Crippen LogP contribution in [0.3, 0.4) is 0 Å². The molecule has 0 spiro atoms. The maximum Gasteiger partial charge on any atom is 0.234 e. The highest BCUT2D eigenvalue weighted by molar-refractivity contribution is 7.16. The quantitative estimate of drug-likeness (QED) is 0.860. The molecule has 0 fully saturated rings. The van der Waals surface area contributed by atoms with Gasteiger partial charge in [-0.15, -0.1) is 22.7 Å². The number of nitrogens with one attached hydrogen (secondary N) is 2. The van der Waals surface area contributed by atoms with Gasteiger partial charge in [0.05, 0.1) is 16.9 Å². The van der Waals surface area contributed by atoms with Crippen molar-refractivity contribution >= 4 is 40.2 Å². The number of rotatable bonds is 5. The van der Waals surface area contributed by atoms with E-state index in [0.717, 1.165) is 9.21 Å². The maximum absolute atomic E-state index is 12.0. The molecule has 0 saturated heterocycles. The van der Waals surface area contributed by atoms with E-state index in [9.17, 15) is 4.79 Å². The standard InChI is InChI=1S/C15H19ClN2OS2/c1-15(2,3)18-13(19)9-17-14(10-5-4-8-20-10)11-6-7-12(16)21-11/h4-8,14,17H,9H2,1-3H3,(H,18,19). The minimum Gasteiger partial charge on any atom is -0.350 e. The normalized spacial score (nSPS) is 13.1. The molecule has 2 heterocycles. The van der Waals surface area contributed by atoms with E-state index in [4.69, 9.17) is 11.6 Å². The van der Waals surface area contributed by atoms with Gasteiger partial charge in [-0.05, 0) is 44.4 Å². The molecule has 114 valence electrons. The number of carbonyl (C=O) groups excluding carboxylic acids is 1. The minimum atomic E-state index is -0.219. The van der Waals surface area contributed by atoms with Crippen molar-refractivity contribution in [3.63, 3.8) is 0 Å². The Labute approximate surface area is 138 Å². The van der Waals surface area contributed by atoms with Crippen LogP contribution in [0.25, 0.3) is 0 Å². The number of hydrogen-bond donors (Lipinski definition) is 2. The zero-order chi connectivity index (χ0) is 15.5. The molecular weight excluding hydrogens is 324 g/mol. The second-order valence-corrected chi connectivity index (χ2v) is 8.50. The summed E-state index contributed by atoms with van der Waals surface area (Å²) >= 11 is 9.24. The fourth-order valence-electron chi connectivity index (χ4n) is 1.94. The molecule has 0 bridgehead atoms. The fraction of sp³-hybridized carbons (Fsp3) is 0.400. The van der Waals surface area contributed by atoms with Crippen molar-refractivity contribution in [2.45, 2.75) is 32.4 Å². The first-order chi connectivity index (χ1) is 9.85. The largest absolute Gasteiger partial charge is 0.350 e. The highest BCUT2D eigenvalue weighted by Crippen LogP contribution is 2.32. The summed E-state index contributed by atoms with van der Waals surface area (Å²) in [5.41, 5.74) is -0.219. The summed E-state index contributed by atoms with van der Waals surface area (Å²) in [4.78, 5) is 14.3. The van der Waals surface area contributed by atoms with Gasteiger partial charge in [0.1, 0.15) is 0 Å². The SMILES string of the molecule is CC(C)(C)NC(=O)CNC(c1cccs1)c1ccc(Cl)s1. The molecule has 0 aliphatic carbocycles. The maximum atomic E-state index is 12.0. The number of hydrogen-bond acceptors (Lipinski definition) is 4. The van der Waals surface area contributed by atoms with Crippen molar-refractivity contribution in [2.75, 3.05) is 6.54 Å². The van der Waals surface area contributed by atoms with E-state index in [1.165, 1.54) is 16.2 Å². The van der Waals surface area contributed by atoms with E-state index >= 15 is 0 Å². The molecule has 6 heteroatoms. The van der Waals surface area contributed by atoms with E-state index in [1.807, 2.05) is 44.4 Å². The van der Waals surface area contributed by atoms with E-state index < -0.39 is 0 Å². The van der Waals surface area contributed by atoms with Crippen molar-refractivity contribution in [1.82, 2.24) is 10.6 Å². The summed E-state index contributed by atoms with van der Waals surface area (Å²) in [5.74, 6) is -0.00768. The number of thiophene rings is 2. The van der Waals surface area contributed by atoms with Crippen molar-refractivity contribution < 1.29 is 4.79 Å². The molecule has 1 atom stereocenters. The van der Waals surface area contributed by atoms with Crippen LogP contribution in [-0.2, 0) is 4.79 Å². The van der Waals surface area contributed by atoms with Crippen molar-refractivity contribution in [2.24, 2.45) is 0 Å². The Kier molecular flexibility index (Phi) is 5.43. The smallest absolute Gasteiger partial charge is 0.234 e. The topological polar surface area (TPSA) is 41.1 Å². The van der Waals surface area contributed by atoms with Crippen molar-refractivity contribution in [3.05, 3.63) is 43.7 Å². The second kappa shape index (κ2) is 6.92. The summed E-state index contributed by atoms with van der Waals surface area (Å²) < 4.78 is 0.757. The second-order valence-electron chi connectivity index (χ2n) is 5.77. The molecule has 1 amide bonds. The predicted octanol–water partition coefficient (Wildman–Crippen LogP) is 4.06. The Hall–Kier alpha value is -0.880. The molecule has 1 unspecified atom stereocenters. The first-order valence-electron chi connectivity index (χ1n) is 6.68. The van der Waals surface area contributed by atoms with Gasteiger partial charge in [-0.3, -0.25) is 10.1 Å². The van der Waals surface area contributed by atoms with Crippen LogP contribution >= 0.6 is 34.3 Å². The van der Waals surface area contributed by atoms with Crippen LogP contribution in [0.4, 0.5) is 0 Å². The van der Waals surface area contributed by atoms with E-state index in [-0.39, 0.29) is 24.0 Å². The third kappa shape index (κ3) is 5.11. The molecule has 21 heavy (non-hydrogen) atoms. The van der Waals surface area contributed by atoms with Crippen molar-refractivity contribution in [1.29, 1.82) is 0 Å². The Morgan fingerprint density at radius 1 is 1.29 bits per heavy atom. The van der Waals surface area contributed by atoms with Crippen LogP contribution in [0, 0.1) is 0 Å². The molecule has 0 aliphatic rings. The summed E-state index contributed by atoms with van der Waals surface area (Å²) in [6.07, 6.45) is 0. The Morgan fingerprint density at radius 3 is 2.57 bits per heavy atom. The summed E-state index contributed by atoms with van der Waals surface area (Å²) in [6.45, 7) is 6.19. The Balaban J connectivity index is 2.06. The van der Waals surface area contributed by atoms with Crippen LogP contribution in [0.2, 0.25) is 4.34 Å². The molecule has 0 aliphatic heterocycles. The third-order valence-corrected chi connectivity index (χ3v) is 4.92. The van der Waals surface area contributed by atoms with Gasteiger partial charge in [0, 0.05) is 15.3 Å². The van der Waals surface area contributed by atoms with Crippen LogP contribution in [-0.4, -0.2) is 18.0 Å². The van der Waals surface area contributed by atoms with Gasteiger partial charge in [-0.25, -0.2) is 0 Å². The Bertz CT molecular complexity index is 587. The fourth-order valence-corrected chi connectivity index (χ4v) is 3.99. The molecule has 0 aromatic carbocycles. The van der Waals surface area contributed by atoms with E-state index in [1.54, 1.807) is 11.3 Å². The molecular formula is C15H19ClN2OS2. The number of amides is 1. The predicted molar refractivity (Wildman–Crippen MR) is 91.4 cm³/mol. The monoisotopic (exact) mass is 342 g/mol. The average molecular weight is 343 g/mol. The van der Waals surface area contributed by atoms with Gasteiger partial charge < -0.3 is 5.32 Å². The molecule has 3 nitrogen and oxygen atoms in total. The van der Waals surface area contributed by atoms with Crippen LogP contribution in [0.5, 0.6) is 0 Å². The molecule has 2 aromatic heterocycles. The number of halogens is 1. The lowest BCUT2D eigenvalue weighted by Gasteiger charge is -2.22. The molecule has 2 aromatic rings. The van der Waals surface area contributed by atoms with Gasteiger partial charge in [0.15, 0.2) is 0 Å². The van der Waals surface area contributed by atoms with Crippen LogP contribution in [0.15, 0.2) is 29.6 Å². The Morgan fingerprint density at radius 2 is 2.05 bits per heavy atom. The minimum absolute atomic E-state index is 0.00761. The lowest BCUT2D eigenvalue weighted by Crippen LogP contribution is -2.45. The molecule has 2 N–H and O–H groups in total. The summed E-state index contributed by atoms with van der Waals surface area (Å²) in [5, 5.41) is 8.32. The number of carbonyl (C=O) groups is 1. The first-order valence-corrected chi connectivity index (χ1v) is 8.75. The summed E-state index contributed by atoms with van der Waals surface area (Å²) in [7, 11) is 0. The van der Waals surface area contributed by atoms with Gasteiger partial charge in [-0.2, -0.15) is 0 Å². The zero-order valence-electron chi connectivity index (χ0n) is 12.3. The first kappa shape index (κ1) is 16.5. The highest BCUT2D eigenvalue weighted by atomic mass is 35.5. The lowest BCUT2D eigenvalue weighted by atomic mass is 10.1. The zero-order valence-corrected chi connectivity index (χ0v) is 14.7. The highest BCUT2D eigenvalue weighted by Gasteiger charge is 2.19. The molecule has 0 radical (unpaired) electrons. The molecule has 0 saturated carbocycles. The van der Waals surface area contributed by atoms with Gasteiger partial charge in [0.25, 0.3) is 0 Å². The van der Waals surface area contributed by atoms with E-state index in [0.29, 0.717) is 0 Å². The lowest BCUT2D eigenvalue weighted by molar-refractivity contribution is -0.121. The van der Waals surface area contributed by atoms with Gasteiger partial charge in [-0.1, -0.05) is 17.7 Å². The molecule has 2 rings (SSSR count). The van der Waals surface area contributed by atoms with E-state index in [2.05, 4.69) is 16.7 Å². The van der Waals surface area contributed by atoms with Gasteiger partial charge in [0.2, 0.25) is 5.91 Å². The summed E-state index contributed by atoms with van der Waals surface area (Å²) in [6, 6.07) is 7.98. The van der Waals surface area contributed by atoms with Crippen LogP contribution < -0.4 is 10.6 Å². The van der Waals surface area contributed by atoms with Crippen LogP contribution in [0.1, 0.15) is 36.6 Å². The van der Waals surface area contributed by atoms with Crippen molar-refractivity contribution in [3.8, 4) is 0 Å².